The van der Waals surface area contributed by atoms with Crippen LogP contribution >= 0.6 is 11.3 Å². The maximum Gasteiger partial charge on any atom is 0.252 e. The van der Waals surface area contributed by atoms with Crippen LogP contribution in [0.2, 0.25) is 0 Å². The summed E-state index contributed by atoms with van der Waals surface area (Å²) < 4.78 is 5.13. The molecule has 0 unspecified atom stereocenters. The quantitative estimate of drug-likeness (QED) is 0.894. The fourth-order valence-electron chi connectivity index (χ4n) is 2.97. The van der Waals surface area contributed by atoms with Gasteiger partial charge in [-0.3, -0.25) is 9.59 Å². The van der Waals surface area contributed by atoms with Gasteiger partial charge in [0.1, 0.15) is 5.75 Å². The third kappa shape index (κ3) is 4.60. The van der Waals surface area contributed by atoms with Crippen LogP contribution in [0.15, 0.2) is 41.1 Å². The summed E-state index contributed by atoms with van der Waals surface area (Å²) in [5, 5.41) is 6.81. The largest absolute Gasteiger partial charge is 0.497 e. The Hall–Kier alpha value is -2.34. The summed E-state index contributed by atoms with van der Waals surface area (Å²) in [4.78, 5) is 26.4. The van der Waals surface area contributed by atoms with Gasteiger partial charge in [0, 0.05) is 30.1 Å². The predicted octanol–water partition coefficient (Wildman–Crippen LogP) is 2.72. The zero-order valence-electron chi connectivity index (χ0n) is 14.2. The lowest BCUT2D eigenvalue weighted by Gasteiger charge is -2.32. The number of hydrogen-bond donors (Lipinski definition) is 1. The highest BCUT2D eigenvalue weighted by atomic mass is 32.1. The molecular weight excluding hydrogens is 336 g/mol. The first-order valence-corrected chi connectivity index (χ1v) is 9.34. The number of ether oxygens (including phenoxy) is 1. The van der Waals surface area contributed by atoms with Crippen LogP contribution in [-0.4, -0.2) is 43.0 Å². The number of carbonyl (C=O) groups excluding carboxylic acids is 2. The van der Waals surface area contributed by atoms with Gasteiger partial charge in [0.05, 0.1) is 13.5 Å². The highest BCUT2D eigenvalue weighted by Gasteiger charge is 2.24. The molecule has 2 aromatic rings. The molecule has 2 heterocycles. The summed E-state index contributed by atoms with van der Waals surface area (Å²) >= 11 is 1.52. The first kappa shape index (κ1) is 17.5. The number of nitrogens with zero attached hydrogens (tertiary/aromatic N) is 1. The molecule has 0 saturated carbocycles. The van der Waals surface area contributed by atoms with Crippen LogP contribution in [0.25, 0.3) is 0 Å². The molecular formula is C19H22N2O3S. The van der Waals surface area contributed by atoms with Crippen molar-refractivity contribution in [1.82, 2.24) is 10.2 Å². The molecule has 1 saturated heterocycles. The van der Waals surface area contributed by atoms with Gasteiger partial charge in [-0.25, -0.2) is 0 Å². The number of nitrogens with one attached hydrogen (secondary N) is 1. The number of amides is 2. The molecule has 2 amide bonds. The van der Waals surface area contributed by atoms with Gasteiger partial charge in [-0.05, 0) is 42.0 Å². The molecule has 1 fully saturated rings. The van der Waals surface area contributed by atoms with Crippen molar-refractivity contribution >= 4 is 23.2 Å². The van der Waals surface area contributed by atoms with Gasteiger partial charge in [0.25, 0.3) is 5.91 Å². The van der Waals surface area contributed by atoms with Gasteiger partial charge in [-0.15, -0.1) is 0 Å². The molecule has 25 heavy (non-hydrogen) atoms. The molecule has 1 N–H and O–H groups in total. The first-order valence-electron chi connectivity index (χ1n) is 8.39. The van der Waals surface area contributed by atoms with Crippen molar-refractivity contribution in [2.24, 2.45) is 0 Å². The third-order valence-corrected chi connectivity index (χ3v) is 5.16. The Morgan fingerprint density at radius 1 is 1.20 bits per heavy atom. The van der Waals surface area contributed by atoms with E-state index >= 15 is 0 Å². The monoisotopic (exact) mass is 358 g/mol. The van der Waals surface area contributed by atoms with Crippen molar-refractivity contribution in [2.45, 2.75) is 25.3 Å². The number of rotatable bonds is 5. The van der Waals surface area contributed by atoms with Crippen LogP contribution in [0.4, 0.5) is 0 Å². The van der Waals surface area contributed by atoms with Crippen molar-refractivity contribution in [2.75, 3.05) is 20.2 Å². The number of piperidine rings is 1. The molecule has 0 spiro atoms. The summed E-state index contributed by atoms with van der Waals surface area (Å²) in [6.45, 7) is 1.37. The average molecular weight is 358 g/mol. The van der Waals surface area contributed by atoms with E-state index in [-0.39, 0.29) is 17.9 Å². The standard InChI is InChI=1S/C19H22N2O3S/c1-24-17-4-2-14(3-5-17)12-18(22)21-9-6-16(7-10-21)20-19(23)15-8-11-25-13-15/h2-5,8,11,13,16H,6-7,9-10,12H2,1H3,(H,20,23). The lowest BCUT2D eigenvalue weighted by molar-refractivity contribution is -0.131. The van der Waals surface area contributed by atoms with Gasteiger partial charge in [-0.1, -0.05) is 12.1 Å². The van der Waals surface area contributed by atoms with Gasteiger partial charge in [0.2, 0.25) is 5.91 Å². The Balaban J connectivity index is 1.46. The lowest BCUT2D eigenvalue weighted by Crippen LogP contribution is -2.46. The smallest absolute Gasteiger partial charge is 0.252 e. The average Bonchev–Trinajstić information content (AvgIpc) is 3.18. The zero-order valence-corrected chi connectivity index (χ0v) is 15.1. The van der Waals surface area contributed by atoms with Crippen molar-refractivity contribution in [3.63, 3.8) is 0 Å². The Kier molecular flexibility index (Phi) is 5.71. The van der Waals surface area contributed by atoms with Crippen LogP contribution in [0.3, 0.4) is 0 Å². The van der Waals surface area contributed by atoms with E-state index in [2.05, 4.69) is 5.32 Å². The fraction of sp³-hybridized carbons (Fsp3) is 0.368. The van der Waals surface area contributed by atoms with E-state index < -0.39 is 0 Å². The number of hydrogen-bond acceptors (Lipinski definition) is 4. The van der Waals surface area contributed by atoms with E-state index in [1.165, 1.54) is 11.3 Å². The third-order valence-electron chi connectivity index (χ3n) is 4.48. The van der Waals surface area contributed by atoms with E-state index in [0.717, 1.165) is 24.2 Å². The summed E-state index contributed by atoms with van der Waals surface area (Å²) in [5.41, 5.74) is 1.70. The minimum atomic E-state index is -0.0238. The van der Waals surface area contributed by atoms with Crippen LogP contribution < -0.4 is 10.1 Å². The SMILES string of the molecule is COc1ccc(CC(=O)N2CCC(NC(=O)c3ccsc3)CC2)cc1. The van der Waals surface area contributed by atoms with Crippen molar-refractivity contribution in [1.29, 1.82) is 0 Å². The molecule has 5 nitrogen and oxygen atoms in total. The van der Waals surface area contributed by atoms with Crippen molar-refractivity contribution < 1.29 is 14.3 Å². The summed E-state index contributed by atoms with van der Waals surface area (Å²) in [6, 6.07) is 9.55. The minimum Gasteiger partial charge on any atom is -0.497 e. The maximum absolute atomic E-state index is 12.4. The van der Waals surface area contributed by atoms with E-state index in [9.17, 15) is 9.59 Å². The van der Waals surface area contributed by atoms with E-state index in [1.807, 2.05) is 46.0 Å². The number of thiophene rings is 1. The van der Waals surface area contributed by atoms with Crippen LogP contribution in [0.5, 0.6) is 5.75 Å². The highest BCUT2D eigenvalue weighted by molar-refractivity contribution is 7.08. The second kappa shape index (κ2) is 8.16. The molecule has 6 heteroatoms. The van der Waals surface area contributed by atoms with Crippen molar-refractivity contribution in [3.8, 4) is 5.75 Å². The predicted molar refractivity (Wildman–Crippen MR) is 98.1 cm³/mol. The normalized spacial score (nSPS) is 15.0. The van der Waals surface area contributed by atoms with Gasteiger partial charge < -0.3 is 15.0 Å². The Morgan fingerprint density at radius 3 is 2.52 bits per heavy atom. The summed E-state index contributed by atoms with van der Waals surface area (Å²) in [5.74, 6) is 0.899. The van der Waals surface area contributed by atoms with Gasteiger partial charge in [0.15, 0.2) is 0 Å². The molecule has 0 aliphatic carbocycles. The lowest BCUT2D eigenvalue weighted by atomic mass is 10.0. The molecule has 1 aliphatic heterocycles. The van der Waals surface area contributed by atoms with Crippen LogP contribution in [0.1, 0.15) is 28.8 Å². The zero-order chi connectivity index (χ0) is 17.6. The Bertz CT molecular complexity index is 705. The topological polar surface area (TPSA) is 58.6 Å². The van der Waals surface area contributed by atoms with Crippen LogP contribution in [0, 0.1) is 0 Å². The van der Waals surface area contributed by atoms with E-state index in [1.54, 1.807) is 7.11 Å². The second-order valence-electron chi connectivity index (χ2n) is 6.17. The molecule has 132 valence electrons. The molecule has 1 aliphatic rings. The minimum absolute atomic E-state index is 0.0238. The maximum atomic E-state index is 12.4. The Labute approximate surface area is 151 Å². The van der Waals surface area contributed by atoms with Crippen molar-refractivity contribution in [3.05, 3.63) is 52.2 Å². The first-order chi connectivity index (χ1) is 12.2. The highest BCUT2D eigenvalue weighted by Crippen LogP contribution is 2.16. The van der Waals surface area contributed by atoms with Gasteiger partial charge in [-0.2, -0.15) is 11.3 Å². The molecule has 1 aromatic heterocycles. The molecule has 0 atom stereocenters. The Morgan fingerprint density at radius 2 is 1.92 bits per heavy atom. The molecule has 3 rings (SSSR count). The van der Waals surface area contributed by atoms with E-state index in [0.29, 0.717) is 25.1 Å². The number of likely N-dealkylation sites (tertiary alicyclic amines) is 1. The second-order valence-corrected chi connectivity index (χ2v) is 6.95. The fourth-order valence-corrected chi connectivity index (χ4v) is 3.60. The number of carbonyl (C=O) groups is 2. The number of methoxy groups -OCH3 is 1. The molecule has 0 bridgehead atoms. The van der Waals surface area contributed by atoms with Crippen LogP contribution in [-0.2, 0) is 11.2 Å². The molecule has 0 radical (unpaired) electrons. The van der Waals surface area contributed by atoms with E-state index in [4.69, 9.17) is 4.74 Å². The number of benzene rings is 1. The molecule has 1 aromatic carbocycles. The van der Waals surface area contributed by atoms with Gasteiger partial charge >= 0.3 is 0 Å². The summed E-state index contributed by atoms with van der Waals surface area (Å²) in [7, 11) is 1.63. The summed E-state index contributed by atoms with van der Waals surface area (Å²) in [6.07, 6.45) is 1.99.